The minimum absolute atomic E-state index is 0.0137. The van der Waals surface area contributed by atoms with Crippen LogP contribution in [0.3, 0.4) is 0 Å². The third-order valence-corrected chi connectivity index (χ3v) is 9.74. The quantitative estimate of drug-likeness (QED) is 0.572. The molecule has 2 aromatic carbocycles. The topological polar surface area (TPSA) is 71.5 Å². The van der Waals surface area contributed by atoms with E-state index in [1.165, 1.54) is 12.1 Å². The van der Waals surface area contributed by atoms with Gasteiger partial charge in [-0.1, -0.05) is 11.6 Å². The zero-order valence-corrected chi connectivity index (χ0v) is 18.1. The van der Waals surface area contributed by atoms with Gasteiger partial charge in [0.2, 0.25) is 0 Å². The third kappa shape index (κ3) is 3.83. The molecule has 0 N–H and O–H groups in total. The maximum absolute atomic E-state index is 14.6. The molecule has 1 aliphatic rings. The first-order valence-corrected chi connectivity index (χ1v) is 11.9. The molecule has 2 aromatic rings. The number of sulfone groups is 1. The summed E-state index contributed by atoms with van der Waals surface area (Å²) in [7, 11) is -9.58. The van der Waals surface area contributed by atoms with Crippen LogP contribution in [0.1, 0.15) is 18.4 Å². The number of benzene rings is 2. The summed E-state index contributed by atoms with van der Waals surface area (Å²) in [4.78, 5) is -0.319. The van der Waals surface area contributed by atoms with Crippen LogP contribution in [0.4, 0.5) is 22.0 Å². The summed E-state index contributed by atoms with van der Waals surface area (Å²) in [6, 6.07) is 5.46. The lowest BCUT2D eigenvalue weighted by atomic mass is 9.74. The van der Waals surface area contributed by atoms with Gasteiger partial charge in [0, 0.05) is 23.7 Å². The normalized spacial score (nSPS) is 22.4. The zero-order chi connectivity index (χ0) is 23.4. The number of halogens is 6. The number of hydrogen-bond donors (Lipinski definition) is 0. The molecule has 0 aromatic heterocycles. The largest absolute Gasteiger partial charge is 0.511 e. The first kappa shape index (κ1) is 23.9. The number of sulfonamides is 1. The summed E-state index contributed by atoms with van der Waals surface area (Å²) >= 11 is 5.76. The number of alkyl halides is 3. The molecule has 0 unspecified atom stereocenters. The summed E-state index contributed by atoms with van der Waals surface area (Å²) < 4.78 is 115. The van der Waals surface area contributed by atoms with Crippen LogP contribution in [0.25, 0.3) is 0 Å². The first-order valence-electron chi connectivity index (χ1n) is 8.63. The molecule has 13 heteroatoms. The lowest BCUT2D eigenvalue weighted by molar-refractivity contribution is -0.0507. The van der Waals surface area contributed by atoms with Crippen molar-refractivity contribution in [2.24, 2.45) is 0 Å². The van der Waals surface area contributed by atoms with E-state index >= 15 is 0 Å². The van der Waals surface area contributed by atoms with Crippen molar-refractivity contribution in [1.29, 1.82) is 0 Å². The first-order chi connectivity index (χ1) is 14.1. The van der Waals surface area contributed by atoms with Gasteiger partial charge in [0.1, 0.15) is 16.4 Å². The molecule has 3 rings (SSSR count). The molecule has 0 aliphatic heterocycles. The minimum Gasteiger partial charge on any atom is -0.223 e. The highest BCUT2D eigenvalue weighted by Crippen LogP contribution is 2.54. The van der Waals surface area contributed by atoms with Crippen molar-refractivity contribution in [3.05, 3.63) is 64.7 Å². The fourth-order valence-corrected chi connectivity index (χ4v) is 6.80. The van der Waals surface area contributed by atoms with E-state index in [0.29, 0.717) is 19.2 Å². The highest BCUT2D eigenvalue weighted by atomic mass is 35.5. The van der Waals surface area contributed by atoms with Gasteiger partial charge in [0.25, 0.3) is 0 Å². The molecule has 1 fully saturated rings. The molecule has 31 heavy (non-hydrogen) atoms. The Kier molecular flexibility index (Phi) is 5.92. The Bertz CT molecular complexity index is 1210. The molecule has 0 radical (unpaired) electrons. The number of rotatable bonds is 5. The molecule has 0 atom stereocenters. The molecule has 0 amide bonds. The van der Waals surface area contributed by atoms with Gasteiger partial charge >= 0.3 is 15.5 Å². The van der Waals surface area contributed by atoms with E-state index in [1.807, 2.05) is 0 Å². The summed E-state index contributed by atoms with van der Waals surface area (Å²) in [5.41, 5.74) is -6.18. The van der Waals surface area contributed by atoms with Crippen molar-refractivity contribution < 1.29 is 38.8 Å². The highest BCUT2D eigenvalue weighted by molar-refractivity contribution is 7.92. The SMILES string of the molecule is CN(C1CC(c2cc(F)ccc2F)(S(=O)(=O)c2ccc(Cl)cc2)C1)S(=O)(=O)C(F)(F)F. The van der Waals surface area contributed by atoms with Crippen LogP contribution in [-0.4, -0.2) is 39.7 Å². The summed E-state index contributed by atoms with van der Waals surface area (Å²) in [5, 5.41) is 0.201. The molecular weight excluding hydrogens is 489 g/mol. The van der Waals surface area contributed by atoms with Gasteiger partial charge < -0.3 is 0 Å². The monoisotopic (exact) mass is 503 g/mol. The summed E-state index contributed by atoms with van der Waals surface area (Å²) in [6.07, 6.45) is -1.41. The van der Waals surface area contributed by atoms with Crippen molar-refractivity contribution >= 4 is 31.5 Å². The minimum atomic E-state index is -5.75. The van der Waals surface area contributed by atoms with Crippen LogP contribution in [0.5, 0.6) is 0 Å². The van der Waals surface area contributed by atoms with Crippen molar-refractivity contribution in [2.45, 2.75) is 34.0 Å². The number of hydrogen-bond acceptors (Lipinski definition) is 4. The molecule has 0 heterocycles. The molecule has 1 saturated carbocycles. The molecule has 170 valence electrons. The molecule has 1 aliphatic carbocycles. The van der Waals surface area contributed by atoms with Gasteiger partial charge in [0.05, 0.1) is 4.90 Å². The van der Waals surface area contributed by atoms with Crippen LogP contribution in [0.2, 0.25) is 5.02 Å². The Hall–Kier alpha value is -1.76. The van der Waals surface area contributed by atoms with Crippen LogP contribution in [0.15, 0.2) is 47.4 Å². The lowest BCUT2D eigenvalue weighted by Crippen LogP contribution is -2.59. The van der Waals surface area contributed by atoms with Crippen molar-refractivity contribution in [2.75, 3.05) is 7.05 Å². The van der Waals surface area contributed by atoms with Gasteiger partial charge in [-0.05, 0) is 55.3 Å². The molecule has 0 bridgehead atoms. The van der Waals surface area contributed by atoms with Gasteiger partial charge in [-0.15, -0.1) is 0 Å². The molecule has 5 nitrogen and oxygen atoms in total. The van der Waals surface area contributed by atoms with E-state index in [-0.39, 0.29) is 14.2 Å². The van der Waals surface area contributed by atoms with Crippen LogP contribution < -0.4 is 0 Å². The predicted molar refractivity (Wildman–Crippen MR) is 102 cm³/mol. The van der Waals surface area contributed by atoms with E-state index in [1.54, 1.807) is 0 Å². The molecule has 0 saturated heterocycles. The Morgan fingerprint density at radius 3 is 2.06 bits per heavy atom. The highest BCUT2D eigenvalue weighted by Gasteiger charge is 2.61. The van der Waals surface area contributed by atoms with Crippen LogP contribution in [-0.2, 0) is 24.6 Å². The smallest absolute Gasteiger partial charge is 0.223 e. The lowest BCUT2D eigenvalue weighted by Gasteiger charge is -2.49. The average Bonchev–Trinajstić information content (AvgIpc) is 2.62. The van der Waals surface area contributed by atoms with Gasteiger partial charge in [-0.2, -0.15) is 17.5 Å². The second-order valence-corrected chi connectivity index (χ2v) is 11.8. The fourth-order valence-electron chi connectivity index (χ4n) is 3.59. The van der Waals surface area contributed by atoms with Gasteiger partial charge in [0.15, 0.2) is 9.84 Å². The van der Waals surface area contributed by atoms with E-state index in [9.17, 15) is 38.8 Å². The second-order valence-electron chi connectivity index (χ2n) is 7.10. The van der Waals surface area contributed by atoms with Gasteiger partial charge in [-0.25, -0.2) is 25.6 Å². The Balaban J connectivity index is 2.12. The van der Waals surface area contributed by atoms with E-state index < -0.39 is 66.2 Å². The van der Waals surface area contributed by atoms with E-state index in [2.05, 4.69) is 0 Å². The van der Waals surface area contributed by atoms with E-state index in [4.69, 9.17) is 11.6 Å². The second kappa shape index (κ2) is 7.68. The predicted octanol–water partition coefficient (Wildman–Crippen LogP) is 4.23. The van der Waals surface area contributed by atoms with Gasteiger partial charge in [-0.3, -0.25) is 0 Å². The third-order valence-electron chi connectivity index (χ3n) is 5.37. The standard InChI is InChI=1S/C18H15ClF5NO4S2/c1-25(31(28,29)18(22,23)24)13-9-17(10-13,15-8-12(20)4-7-16(15)21)30(26,27)14-5-2-11(19)3-6-14/h2-8,13H,9-10H2,1H3. The fraction of sp³-hybridized carbons (Fsp3) is 0.333. The Morgan fingerprint density at radius 1 is 1.00 bits per heavy atom. The zero-order valence-electron chi connectivity index (χ0n) is 15.7. The Morgan fingerprint density at radius 2 is 1.55 bits per heavy atom. The molecule has 0 spiro atoms. The van der Waals surface area contributed by atoms with E-state index in [0.717, 1.165) is 18.2 Å². The van der Waals surface area contributed by atoms with Crippen molar-refractivity contribution in [3.63, 3.8) is 0 Å². The Labute approximate surface area is 180 Å². The van der Waals surface area contributed by atoms with Crippen LogP contribution >= 0.6 is 11.6 Å². The van der Waals surface area contributed by atoms with Crippen LogP contribution in [0, 0.1) is 11.6 Å². The van der Waals surface area contributed by atoms with Crippen molar-refractivity contribution in [1.82, 2.24) is 4.31 Å². The average molecular weight is 504 g/mol. The maximum Gasteiger partial charge on any atom is 0.511 e. The maximum atomic E-state index is 14.6. The summed E-state index contributed by atoms with van der Waals surface area (Å²) in [6.45, 7) is 0. The number of nitrogens with zero attached hydrogens (tertiary/aromatic N) is 1. The summed E-state index contributed by atoms with van der Waals surface area (Å²) in [5.74, 6) is -2.04. The van der Waals surface area contributed by atoms with Crippen molar-refractivity contribution in [3.8, 4) is 0 Å². The molecular formula is C18H15ClF5NO4S2.